The van der Waals surface area contributed by atoms with Crippen molar-refractivity contribution in [3.8, 4) is 28.3 Å². The Morgan fingerprint density at radius 2 is 1.81 bits per heavy atom. The molecular formula is C23H21ClFN5O2. The number of benzene rings is 2. The molecule has 5 rings (SSSR count). The molecule has 32 heavy (non-hydrogen) atoms. The zero-order valence-electron chi connectivity index (χ0n) is 17.5. The van der Waals surface area contributed by atoms with E-state index in [1.165, 1.54) is 6.20 Å². The Labute approximate surface area is 188 Å². The summed E-state index contributed by atoms with van der Waals surface area (Å²) >= 11 is 6.23. The average molecular weight is 454 g/mol. The van der Waals surface area contributed by atoms with Gasteiger partial charge in [0.05, 0.1) is 11.6 Å². The minimum atomic E-state index is -0.750. The summed E-state index contributed by atoms with van der Waals surface area (Å²) in [5.41, 5.74) is 8.30. The molecule has 0 spiro atoms. The maximum absolute atomic E-state index is 14.6. The van der Waals surface area contributed by atoms with E-state index < -0.39 is 5.95 Å². The first-order valence-electron chi connectivity index (χ1n) is 9.91. The van der Waals surface area contributed by atoms with Crippen LogP contribution in [0, 0.1) is 5.95 Å². The number of H-pyrrole nitrogens is 1. The highest BCUT2D eigenvalue weighted by molar-refractivity contribution is 6.35. The molecule has 0 atom stereocenters. The molecule has 0 radical (unpaired) electrons. The van der Waals surface area contributed by atoms with Gasteiger partial charge in [-0.15, -0.1) is 0 Å². The Morgan fingerprint density at radius 3 is 2.59 bits per heavy atom. The summed E-state index contributed by atoms with van der Waals surface area (Å²) in [7, 11) is 3.75. The van der Waals surface area contributed by atoms with Crippen molar-refractivity contribution in [2.45, 2.75) is 6.42 Å². The zero-order valence-corrected chi connectivity index (χ0v) is 18.3. The number of anilines is 1. The summed E-state index contributed by atoms with van der Waals surface area (Å²) in [5.74, 6) is 0.00335. The highest BCUT2D eigenvalue weighted by Gasteiger charge is 2.19. The number of nitrogen functional groups attached to an aromatic ring is 1. The summed E-state index contributed by atoms with van der Waals surface area (Å²) in [5, 5.41) is 4.12. The number of fused-ring (bicyclic) bond motifs is 2. The van der Waals surface area contributed by atoms with Crippen molar-refractivity contribution >= 4 is 28.2 Å². The Hall–Kier alpha value is -3.49. The molecule has 9 heteroatoms. The summed E-state index contributed by atoms with van der Waals surface area (Å²) in [4.78, 5) is 22.9. The number of aromatic nitrogens is 3. The largest absolute Gasteiger partial charge is 0.493 e. The minimum absolute atomic E-state index is 0.0453. The normalized spacial score (nSPS) is 12.1. The Morgan fingerprint density at radius 1 is 1.09 bits per heavy atom. The molecule has 1 aliphatic heterocycles. The van der Waals surface area contributed by atoms with Crippen molar-refractivity contribution < 1.29 is 9.13 Å². The molecule has 2 aromatic heterocycles. The molecule has 0 amide bonds. The van der Waals surface area contributed by atoms with E-state index in [0.717, 1.165) is 17.7 Å². The Balaban J connectivity index is 0.000000775. The predicted molar refractivity (Wildman–Crippen MR) is 125 cm³/mol. The van der Waals surface area contributed by atoms with Gasteiger partial charge >= 0.3 is 0 Å². The summed E-state index contributed by atoms with van der Waals surface area (Å²) in [6.45, 7) is 0.608. The van der Waals surface area contributed by atoms with Crippen LogP contribution in [0.5, 0.6) is 5.75 Å². The van der Waals surface area contributed by atoms with E-state index in [1.807, 2.05) is 20.2 Å². The number of hydrogen-bond donors (Lipinski definition) is 3. The third kappa shape index (κ3) is 4.02. The lowest BCUT2D eigenvalue weighted by molar-refractivity contribution is 0.357. The summed E-state index contributed by atoms with van der Waals surface area (Å²) < 4.78 is 20.1. The van der Waals surface area contributed by atoms with Gasteiger partial charge in [0.2, 0.25) is 5.95 Å². The van der Waals surface area contributed by atoms with E-state index in [0.29, 0.717) is 39.2 Å². The lowest BCUT2D eigenvalue weighted by Gasteiger charge is -2.10. The molecule has 0 aliphatic carbocycles. The molecule has 0 saturated carbocycles. The van der Waals surface area contributed by atoms with Gasteiger partial charge in [-0.3, -0.25) is 4.79 Å². The van der Waals surface area contributed by atoms with Gasteiger partial charge in [-0.25, -0.2) is 4.98 Å². The first-order valence-corrected chi connectivity index (χ1v) is 10.3. The molecule has 1 aliphatic rings. The van der Waals surface area contributed by atoms with Crippen LogP contribution in [0.25, 0.3) is 33.3 Å². The van der Waals surface area contributed by atoms with Crippen LogP contribution in [0.1, 0.15) is 5.56 Å². The minimum Gasteiger partial charge on any atom is -0.493 e. The third-order valence-electron chi connectivity index (χ3n) is 4.97. The second-order valence-electron chi connectivity index (χ2n) is 7.24. The molecule has 0 saturated heterocycles. The van der Waals surface area contributed by atoms with Crippen LogP contribution in [0.3, 0.4) is 0 Å². The van der Waals surface area contributed by atoms with E-state index in [9.17, 15) is 9.18 Å². The van der Waals surface area contributed by atoms with E-state index in [1.54, 1.807) is 30.3 Å². The standard InChI is InChI=1S/C21H14ClFN4O2.C2H7N/c22-15-9-25-21(28)13-3-1-12(8-14(13)15)18-20(24)27-19(23)17(26-18)11-2-4-16-10(7-11)5-6-29-16;1-3-2/h1-4,7-9H,5-6H2,(H2,24,27)(H,25,28);3H,1-2H3. The highest BCUT2D eigenvalue weighted by atomic mass is 35.5. The van der Waals surface area contributed by atoms with Gasteiger partial charge in [0.25, 0.3) is 5.56 Å². The van der Waals surface area contributed by atoms with Crippen LogP contribution in [-0.4, -0.2) is 35.7 Å². The van der Waals surface area contributed by atoms with Crippen LogP contribution in [0.2, 0.25) is 5.02 Å². The fraction of sp³-hybridized carbons (Fsp3) is 0.174. The number of aromatic amines is 1. The molecular weight excluding hydrogens is 433 g/mol. The molecule has 2 aromatic carbocycles. The molecule has 4 aromatic rings. The van der Waals surface area contributed by atoms with Crippen LogP contribution < -0.4 is 21.3 Å². The molecule has 3 heterocycles. The molecule has 164 valence electrons. The number of nitrogens with one attached hydrogen (secondary N) is 2. The van der Waals surface area contributed by atoms with E-state index in [-0.39, 0.29) is 17.1 Å². The molecule has 4 N–H and O–H groups in total. The predicted octanol–water partition coefficient (Wildman–Crippen LogP) is 3.80. The smallest absolute Gasteiger partial charge is 0.255 e. The lowest BCUT2D eigenvalue weighted by atomic mass is 10.0. The van der Waals surface area contributed by atoms with Gasteiger partial charge in [-0.1, -0.05) is 17.7 Å². The number of ether oxygens (including phenoxy) is 1. The molecule has 0 fully saturated rings. The summed E-state index contributed by atoms with van der Waals surface area (Å²) in [6, 6.07) is 10.4. The van der Waals surface area contributed by atoms with Crippen LogP contribution in [0.15, 0.2) is 47.4 Å². The van der Waals surface area contributed by atoms with Crippen molar-refractivity contribution in [1.29, 1.82) is 0 Å². The molecule has 0 unspecified atom stereocenters. The summed E-state index contributed by atoms with van der Waals surface area (Å²) in [6.07, 6.45) is 2.19. The number of hydrogen-bond acceptors (Lipinski definition) is 6. The molecule has 7 nitrogen and oxygen atoms in total. The lowest BCUT2D eigenvalue weighted by Crippen LogP contribution is -2.06. The fourth-order valence-corrected chi connectivity index (χ4v) is 3.74. The van der Waals surface area contributed by atoms with Gasteiger partial charge < -0.3 is 20.8 Å². The SMILES string of the molecule is CNC.Nc1nc(F)c(-c2ccc3c(c2)CCO3)nc1-c1ccc2c(=O)[nH]cc(Cl)c2c1. The van der Waals surface area contributed by atoms with E-state index >= 15 is 0 Å². The maximum Gasteiger partial charge on any atom is 0.255 e. The van der Waals surface area contributed by atoms with E-state index in [4.69, 9.17) is 22.1 Å². The van der Waals surface area contributed by atoms with Crippen molar-refractivity contribution in [3.63, 3.8) is 0 Å². The zero-order chi connectivity index (χ0) is 22.8. The van der Waals surface area contributed by atoms with Crippen molar-refractivity contribution in [2.24, 2.45) is 0 Å². The number of nitrogens with zero attached hydrogens (tertiary/aromatic N) is 2. The third-order valence-corrected chi connectivity index (χ3v) is 5.28. The number of halogens is 2. The monoisotopic (exact) mass is 453 g/mol. The maximum atomic E-state index is 14.6. The van der Waals surface area contributed by atoms with Crippen LogP contribution >= 0.6 is 11.6 Å². The molecule has 0 bridgehead atoms. The van der Waals surface area contributed by atoms with Crippen molar-refractivity contribution in [2.75, 3.05) is 26.4 Å². The van der Waals surface area contributed by atoms with Crippen molar-refractivity contribution in [1.82, 2.24) is 20.3 Å². The average Bonchev–Trinajstić information content (AvgIpc) is 3.25. The quantitative estimate of drug-likeness (QED) is 0.426. The van der Waals surface area contributed by atoms with Crippen LogP contribution in [0.4, 0.5) is 10.2 Å². The van der Waals surface area contributed by atoms with Gasteiger partial charge in [0.1, 0.15) is 17.1 Å². The van der Waals surface area contributed by atoms with Crippen molar-refractivity contribution in [3.05, 3.63) is 69.5 Å². The van der Waals surface area contributed by atoms with Gasteiger partial charge in [0.15, 0.2) is 5.82 Å². The highest BCUT2D eigenvalue weighted by Crippen LogP contribution is 2.34. The topological polar surface area (TPSA) is 106 Å². The van der Waals surface area contributed by atoms with E-state index in [2.05, 4.69) is 20.3 Å². The second kappa shape index (κ2) is 8.94. The van der Waals surface area contributed by atoms with Gasteiger partial charge in [-0.2, -0.15) is 9.37 Å². The second-order valence-corrected chi connectivity index (χ2v) is 7.65. The first kappa shape index (κ1) is 21.7. The van der Waals surface area contributed by atoms with Gasteiger partial charge in [-0.05, 0) is 50.0 Å². The fourth-order valence-electron chi connectivity index (χ4n) is 3.53. The van der Waals surface area contributed by atoms with Crippen LogP contribution in [-0.2, 0) is 6.42 Å². The number of rotatable bonds is 2. The Kier molecular flexibility index (Phi) is 6.07. The Bertz CT molecular complexity index is 1370. The van der Waals surface area contributed by atoms with Gasteiger partial charge in [0, 0.05) is 34.5 Å². The number of nitrogens with two attached hydrogens (primary N) is 1. The first-order chi connectivity index (χ1) is 15.4. The number of pyridine rings is 1.